The van der Waals surface area contributed by atoms with Crippen LogP contribution < -0.4 is 0 Å². The summed E-state index contributed by atoms with van der Waals surface area (Å²) in [7, 11) is 0. The van der Waals surface area contributed by atoms with E-state index in [-0.39, 0.29) is 12.1 Å². The number of H-pyrrole nitrogens is 1. The fourth-order valence-electron chi connectivity index (χ4n) is 1.68. The summed E-state index contributed by atoms with van der Waals surface area (Å²) < 4.78 is 5.29. The topological polar surface area (TPSA) is 42.1 Å². The van der Waals surface area contributed by atoms with E-state index in [0.717, 1.165) is 12.8 Å². The minimum absolute atomic E-state index is 0.149. The fraction of sp³-hybridized carbons (Fsp3) is 0.500. The molecule has 0 spiro atoms. The molecule has 3 nitrogen and oxygen atoms in total. The van der Waals surface area contributed by atoms with Crippen LogP contribution in [0, 0.1) is 0 Å². The Morgan fingerprint density at radius 2 is 2.23 bits per heavy atom. The molecule has 1 aliphatic rings. The van der Waals surface area contributed by atoms with Gasteiger partial charge in [0.1, 0.15) is 11.8 Å². The predicted molar refractivity (Wildman–Crippen MR) is 48.5 cm³/mol. The van der Waals surface area contributed by atoms with Crippen molar-refractivity contribution in [2.45, 2.75) is 31.8 Å². The van der Waals surface area contributed by atoms with E-state index in [1.54, 1.807) is 18.3 Å². The monoisotopic (exact) mass is 179 g/mol. The molecule has 1 N–H and O–H groups in total. The highest BCUT2D eigenvalue weighted by Crippen LogP contribution is 2.21. The van der Waals surface area contributed by atoms with E-state index >= 15 is 0 Å². The van der Waals surface area contributed by atoms with Crippen LogP contribution in [-0.2, 0) is 4.74 Å². The molecule has 0 atom stereocenters. The predicted octanol–water partition coefficient (Wildman–Crippen LogP) is 2.11. The van der Waals surface area contributed by atoms with Crippen LogP contribution in [0.2, 0.25) is 0 Å². The molecule has 0 saturated heterocycles. The molecule has 70 valence electrons. The molecular weight excluding hydrogens is 166 g/mol. The van der Waals surface area contributed by atoms with E-state index in [4.69, 9.17) is 4.74 Å². The molecule has 13 heavy (non-hydrogen) atoms. The van der Waals surface area contributed by atoms with Crippen molar-refractivity contribution in [3.05, 3.63) is 24.0 Å². The molecule has 1 fully saturated rings. The van der Waals surface area contributed by atoms with Crippen molar-refractivity contribution in [2.75, 3.05) is 0 Å². The summed E-state index contributed by atoms with van der Waals surface area (Å²) in [4.78, 5) is 14.2. The Balaban J connectivity index is 1.91. The molecule has 3 heteroatoms. The van der Waals surface area contributed by atoms with Gasteiger partial charge in [-0.05, 0) is 37.8 Å². The van der Waals surface area contributed by atoms with Crippen LogP contribution in [0.15, 0.2) is 18.3 Å². The SMILES string of the molecule is O=C(OC1CCCC1)c1ccc[nH]1. The molecule has 1 aliphatic carbocycles. The Labute approximate surface area is 77.1 Å². The normalized spacial score (nSPS) is 17.5. The Kier molecular flexibility index (Phi) is 2.34. The van der Waals surface area contributed by atoms with Gasteiger partial charge in [-0.15, -0.1) is 0 Å². The molecule has 0 aliphatic heterocycles. The van der Waals surface area contributed by atoms with Crippen LogP contribution in [0.5, 0.6) is 0 Å². The molecule has 1 saturated carbocycles. The number of aromatic nitrogens is 1. The lowest BCUT2D eigenvalue weighted by Gasteiger charge is -2.09. The van der Waals surface area contributed by atoms with Gasteiger partial charge in [0, 0.05) is 6.20 Å². The largest absolute Gasteiger partial charge is 0.458 e. The number of rotatable bonds is 2. The van der Waals surface area contributed by atoms with Gasteiger partial charge < -0.3 is 9.72 Å². The van der Waals surface area contributed by atoms with Crippen molar-refractivity contribution in [2.24, 2.45) is 0 Å². The fourth-order valence-corrected chi connectivity index (χ4v) is 1.68. The Morgan fingerprint density at radius 1 is 1.46 bits per heavy atom. The highest BCUT2D eigenvalue weighted by molar-refractivity contribution is 5.87. The second-order valence-electron chi connectivity index (χ2n) is 3.40. The second-order valence-corrected chi connectivity index (χ2v) is 3.40. The lowest BCUT2D eigenvalue weighted by Crippen LogP contribution is -2.14. The van der Waals surface area contributed by atoms with Crippen molar-refractivity contribution in [3.8, 4) is 0 Å². The third-order valence-corrected chi connectivity index (χ3v) is 2.39. The molecule has 0 unspecified atom stereocenters. The molecule has 0 bridgehead atoms. The first-order chi connectivity index (χ1) is 6.36. The molecular formula is C10H13NO2. The number of aromatic amines is 1. The molecule has 1 aromatic heterocycles. The number of hydrogen-bond donors (Lipinski definition) is 1. The van der Waals surface area contributed by atoms with Crippen molar-refractivity contribution < 1.29 is 9.53 Å². The molecule has 2 rings (SSSR count). The maximum absolute atomic E-state index is 11.4. The van der Waals surface area contributed by atoms with E-state index in [2.05, 4.69) is 4.98 Å². The molecule has 1 heterocycles. The number of hydrogen-bond acceptors (Lipinski definition) is 2. The van der Waals surface area contributed by atoms with Gasteiger partial charge in [-0.1, -0.05) is 0 Å². The summed E-state index contributed by atoms with van der Waals surface area (Å²) >= 11 is 0. The third kappa shape index (κ3) is 1.91. The second kappa shape index (κ2) is 3.64. The Morgan fingerprint density at radius 3 is 2.85 bits per heavy atom. The van der Waals surface area contributed by atoms with Gasteiger partial charge in [0.05, 0.1) is 0 Å². The smallest absolute Gasteiger partial charge is 0.355 e. The van der Waals surface area contributed by atoms with Crippen LogP contribution in [0.3, 0.4) is 0 Å². The summed E-state index contributed by atoms with van der Waals surface area (Å²) in [6, 6.07) is 3.53. The molecule has 0 amide bonds. The zero-order chi connectivity index (χ0) is 9.10. The number of esters is 1. The number of ether oxygens (including phenoxy) is 1. The minimum atomic E-state index is -0.225. The highest BCUT2D eigenvalue weighted by atomic mass is 16.5. The van der Waals surface area contributed by atoms with Gasteiger partial charge in [0.2, 0.25) is 0 Å². The third-order valence-electron chi connectivity index (χ3n) is 2.39. The van der Waals surface area contributed by atoms with Crippen molar-refractivity contribution in [1.82, 2.24) is 4.98 Å². The van der Waals surface area contributed by atoms with Crippen molar-refractivity contribution >= 4 is 5.97 Å². The van der Waals surface area contributed by atoms with Gasteiger partial charge in [0.25, 0.3) is 0 Å². The van der Waals surface area contributed by atoms with E-state index < -0.39 is 0 Å². The summed E-state index contributed by atoms with van der Waals surface area (Å²) in [5.74, 6) is -0.225. The van der Waals surface area contributed by atoms with Gasteiger partial charge in [-0.2, -0.15) is 0 Å². The van der Waals surface area contributed by atoms with E-state index in [9.17, 15) is 4.79 Å². The summed E-state index contributed by atoms with van der Waals surface area (Å²) in [6.45, 7) is 0. The summed E-state index contributed by atoms with van der Waals surface area (Å²) in [5.41, 5.74) is 0.548. The van der Waals surface area contributed by atoms with Gasteiger partial charge in [-0.3, -0.25) is 0 Å². The number of nitrogens with one attached hydrogen (secondary N) is 1. The lowest BCUT2D eigenvalue weighted by molar-refractivity contribution is 0.0311. The van der Waals surface area contributed by atoms with Crippen LogP contribution in [0.25, 0.3) is 0 Å². The quantitative estimate of drug-likeness (QED) is 0.706. The van der Waals surface area contributed by atoms with E-state index in [1.807, 2.05) is 0 Å². The lowest BCUT2D eigenvalue weighted by atomic mass is 10.3. The number of carbonyl (C=O) groups excluding carboxylic acids is 1. The summed E-state index contributed by atoms with van der Waals surface area (Å²) in [5, 5.41) is 0. The van der Waals surface area contributed by atoms with Crippen LogP contribution in [0.4, 0.5) is 0 Å². The molecule has 0 aromatic carbocycles. The zero-order valence-electron chi connectivity index (χ0n) is 7.45. The summed E-state index contributed by atoms with van der Waals surface area (Å²) in [6.07, 6.45) is 6.28. The highest BCUT2D eigenvalue weighted by Gasteiger charge is 2.20. The van der Waals surface area contributed by atoms with E-state index in [1.165, 1.54) is 12.8 Å². The standard InChI is InChI=1S/C10H13NO2/c12-10(9-6-3-7-11-9)13-8-4-1-2-5-8/h3,6-8,11H,1-2,4-5H2. The van der Waals surface area contributed by atoms with Crippen LogP contribution in [0.1, 0.15) is 36.2 Å². The average Bonchev–Trinajstić information content (AvgIpc) is 2.74. The minimum Gasteiger partial charge on any atom is -0.458 e. The first kappa shape index (κ1) is 8.35. The van der Waals surface area contributed by atoms with Gasteiger partial charge >= 0.3 is 5.97 Å². The van der Waals surface area contributed by atoms with Crippen LogP contribution in [-0.4, -0.2) is 17.1 Å². The van der Waals surface area contributed by atoms with Crippen LogP contribution >= 0.6 is 0 Å². The van der Waals surface area contributed by atoms with Crippen molar-refractivity contribution in [3.63, 3.8) is 0 Å². The zero-order valence-corrected chi connectivity index (χ0v) is 7.45. The first-order valence-electron chi connectivity index (χ1n) is 4.70. The Hall–Kier alpha value is -1.25. The van der Waals surface area contributed by atoms with E-state index in [0.29, 0.717) is 5.69 Å². The number of carbonyl (C=O) groups is 1. The average molecular weight is 179 g/mol. The van der Waals surface area contributed by atoms with Gasteiger partial charge in [-0.25, -0.2) is 4.79 Å². The maximum Gasteiger partial charge on any atom is 0.355 e. The molecule has 1 aromatic rings. The first-order valence-corrected chi connectivity index (χ1v) is 4.70. The molecule has 0 radical (unpaired) electrons. The van der Waals surface area contributed by atoms with Gasteiger partial charge in [0.15, 0.2) is 0 Å². The maximum atomic E-state index is 11.4. The van der Waals surface area contributed by atoms with Crippen molar-refractivity contribution in [1.29, 1.82) is 0 Å². The Bertz CT molecular complexity index is 273.